The topological polar surface area (TPSA) is 105 Å². The average molecular weight is 384 g/mol. The lowest BCUT2D eigenvalue weighted by Crippen LogP contribution is -2.04. The zero-order chi connectivity index (χ0) is 15.8. The largest absolute Gasteiger partial charge is 0.416 e. The van der Waals surface area contributed by atoms with Crippen LogP contribution in [-0.4, -0.2) is 10.2 Å². The number of nitrogens with two attached hydrogens (primary N) is 2. The van der Waals surface area contributed by atoms with E-state index in [1.165, 1.54) is 0 Å². The third-order valence-corrected chi connectivity index (χ3v) is 3.28. The summed E-state index contributed by atoms with van der Waals surface area (Å²) >= 11 is 8.76. The second-order valence-electron chi connectivity index (χ2n) is 3.86. The van der Waals surface area contributed by atoms with E-state index in [0.29, 0.717) is 0 Å². The van der Waals surface area contributed by atoms with Crippen molar-refractivity contribution in [2.45, 2.75) is 6.18 Å². The lowest BCUT2D eigenvalue weighted by atomic mass is 10.2. The van der Waals surface area contributed by atoms with Crippen molar-refractivity contribution in [2.75, 3.05) is 11.5 Å². The molecule has 0 saturated carbocycles. The molecule has 0 aliphatic rings. The molecule has 112 valence electrons. The number of hydrogen-bond donors (Lipinski definition) is 3. The van der Waals surface area contributed by atoms with Crippen LogP contribution in [0.1, 0.15) is 5.56 Å². The summed E-state index contributed by atoms with van der Waals surface area (Å²) in [5.41, 5.74) is 10.2. The molecule has 0 radical (unpaired) electrons. The summed E-state index contributed by atoms with van der Waals surface area (Å²) in [6.45, 7) is 0. The number of nitrogens with zero attached hydrogens (tertiary/aromatic N) is 3. The van der Waals surface area contributed by atoms with Crippen LogP contribution in [0.2, 0.25) is 5.02 Å². The van der Waals surface area contributed by atoms with Gasteiger partial charge < -0.3 is 11.5 Å². The standard InChI is InChI=1S/C10H7BrClF3N6/c11-4-1-3(10(13,14)15)2-5(12)6(4)18-19-7-8(16)20-21-9(7)17/h1-2H,(H5,16,17,20,21). The predicted octanol–water partition coefficient (Wildman–Crippen LogP) is 4.42. The monoisotopic (exact) mass is 382 g/mol. The number of anilines is 2. The first-order valence-electron chi connectivity index (χ1n) is 5.27. The van der Waals surface area contributed by atoms with Crippen molar-refractivity contribution in [3.8, 4) is 0 Å². The predicted molar refractivity (Wildman–Crippen MR) is 75.7 cm³/mol. The van der Waals surface area contributed by atoms with Crippen LogP contribution < -0.4 is 11.5 Å². The average Bonchev–Trinajstić information content (AvgIpc) is 2.67. The van der Waals surface area contributed by atoms with E-state index in [9.17, 15) is 13.2 Å². The lowest BCUT2D eigenvalue weighted by Gasteiger charge is -2.09. The van der Waals surface area contributed by atoms with Gasteiger partial charge in [-0.2, -0.15) is 18.3 Å². The van der Waals surface area contributed by atoms with Gasteiger partial charge in [-0.25, -0.2) is 0 Å². The van der Waals surface area contributed by atoms with Crippen LogP contribution in [-0.2, 0) is 6.18 Å². The number of halogens is 5. The first-order valence-corrected chi connectivity index (χ1v) is 6.44. The second-order valence-corrected chi connectivity index (χ2v) is 5.12. The van der Waals surface area contributed by atoms with Crippen LogP contribution in [0.15, 0.2) is 26.8 Å². The Morgan fingerprint density at radius 1 is 1.19 bits per heavy atom. The molecule has 0 aliphatic carbocycles. The van der Waals surface area contributed by atoms with Crippen LogP contribution >= 0.6 is 27.5 Å². The number of hydrogen-bond acceptors (Lipinski definition) is 5. The molecule has 5 N–H and O–H groups in total. The molecule has 0 amide bonds. The summed E-state index contributed by atoms with van der Waals surface area (Å²) in [6.07, 6.45) is -4.51. The molecule has 6 nitrogen and oxygen atoms in total. The van der Waals surface area contributed by atoms with Gasteiger partial charge in [0.15, 0.2) is 11.5 Å². The fraction of sp³-hybridized carbons (Fsp3) is 0.100. The molecule has 1 aromatic heterocycles. The van der Waals surface area contributed by atoms with Gasteiger partial charge in [-0.3, -0.25) is 5.10 Å². The minimum Gasteiger partial charge on any atom is -0.382 e. The number of benzene rings is 1. The molecule has 0 fully saturated rings. The Morgan fingerprint density at radius 2 is 1.81 bits per heavy atom. The van der Waals surface area contributed by atoms with Gasteiger partial charge in [-0.1, -0.05) is 11.6 Å². The van der Waals surface area contributed by atoms with Gasteiger partial charge in [-0.05, 0) is 28.1 Å². The Bertz CT molecular complexity index is 669. The molecule has 11 heteroatoms. The van der Waals surface area contributed by atoms with Crippen LogP contribution in [0.5, 0.6) is 0 Å². The van der Waals surface area contributed by atoms with Crippen molar-refractivity contribution in [3.63, 3.8) is 0 Å². The van der Waals surface area contributed by atoms with Gasteiger partial charge in [0.1, 0.15) is 11.5 Å². The number of rotatable bonds is 2. The van der Waals surface area contributed by atoms with Gasteiger partial charge in [0, 0.05) is 4.47 Å². The summed E-state index contributed by atoms with van der Waals surface area (Å²) in [6, 6.07) is 1.60. The Hall–Kier alpha value is -1.81. The first-order chi connectivity index (χ1) is 9.70. The number of aromatic amines is 1. The molecule has 0 atom stereocenters. The molecule has 2 rings (SSSR count). The van der Waals surface area contributed by atoms with Crippen molar-refractivity contribution >= 4 is 50.5 Å². The Morgan fingerprint density at radius 3 is 2.29 bits per heavy atom. The fourth-order valence-corrected chi connectivity index (χ4v) is 2.30. The highest BCUT2D eigenvalue weighted by Gasteiger charge is 2.32. The van der Waals surface area contributed by atoms with E-state index in [0.717, 1.165) is 12.1 Å². The summed E-state index contributed by atoms with van der Waals surface area (Å²) in [4.78, 5) is 0. The summed E-state index contributed by atoms with van der Waals surface area (Å²) < 4.78 is 37.9. The third kappa shape index (κ3) is 3.27. The van der Waals surface area contributed by atoms with E-state index in [1.54, 1.807) is 0 Å². The highest BCUT2D eigenvalue weighted by Crippen LogP contribution is 2.41. The highest BCUT2D eigenvalue weighted by molar-refractivity contribution is 9.10. The van der Waals surface area contributed by atoms with Crippen LogP contribution in [0.25, 0.3) is 0 Å². The van der Waals surface area contributed by atoms with Gasteiger partial charge in [0.2, 0.25) is 0 Å². The SMILES string of the molecule is Nc1n[nH]c(N)c1N=Nc1c(Cl)cc(C(F)(F)F)cc1Br. The van der Waals surface area contributed by atoms with Crippen LogP contribution in [0.3, 0.4) is 0 Å². The molecule has 21 heavy (non-hydrogen) atoms. The normalized spacial score (nSPS) is 12.2. The van der Waals surface area contributed by atoms with Crippen molar-refractivity contribution < 1.29 is 13.2 Å². The Balaban J connectivity index is 2.42. The third-order valence-electron chi connectivity index (χ3n) is 2.39. The summed E-state index contributed by atoms with van der Waals surface area (Å²) in [5.74, 6) is 0.0887. The lowest BCUT2D eigenvalue weighted by molar-refractivity contribution is -0.137. The number of alkyl halides is 3. The highest BCUT2D eigenvalue weighted by atomic mass is 79.9. The molecular formula is C10H7BrClF3N6. The van der Waals surface area contributed by atoms with Gasteiger partial charge in [-0.15, -0.1) is 10.2 Å². The van der Waals surface area contributed by atoms with Crippen molar-refractivity contribution in [1.82, 2.24) is 10.2 Å². The zero-order valence-electron chi connectivity index (χ0n) is 10.0. The van der Waals surface area contributed by atoms with Crippen LogP contribution in [0.4, 0.5) is 36.2 Å². The maximum atomic E-state index is 12.6. The van der Waals surface area contributed by atoms with E-state index in [2.05, 4.69) is 36.4 Å². The number of nitrogens with one attached hydrogen (secondary N) is 1. The van der Waals surface area contributed by atoms with Crippen LogP contribution in [0, 0.1) is 0 Å². The maximum absolute atomic E-state index is 12.6. The van der Waals surface area contributed by atoms with Gasteiger partial charge in [0.25, 0.3) is 0 Å². The first kappa shape index (κ1) is 15.6. The Labute approximate surface area is 129 Å². The fourth-order valence-electron chi connectivity index (χ4n) is 1.39. The molecular weight excluding hydrogens is 377 g/mol. The Kier molecular flexibility index (Phi) is 4.10. The van der Waals surface area contributed by atoms with Gasteiger partial charge in [0.05, 0.1) is 10.6 Å². The zero-order valence-corrected chi connectivity index (χ0v) is 12.4. The van der Waals surface area contributed by atoms with E-state index in [1.807, 2.05) is 0 Å². The van der Waals surface area contributed by atoms with E-state index >= 15 is 0 Å². The molecule has 1 aromatic carbocycles. The maximum Gasteiger partial charge on any atom is 0.416 e. The minimum absolute atomic E-state index is 0.00964. The smallest absolute Gasteiger partial charge is 0.382 e. The summed E-state index contributed by atoms with van der Waals surface area (Å²) in [7, 11) is 0. The van der Waals surface area contributed by atoms with E-state index in [-0.39, 0.29) is 32.5 Å². The molecule has 0 aliphatic heterocycles. The number of H-pyrrole nitrogens is 1. The molecule has 1 heterocycles. The van der Waals surface area contributed by atoms with Crippen molar-refractivity contribution in [1.29, 1.82) is 0 Å². The van der Waals surface area contributed by atoms with Crippen molar-refractivity contribution in [3.05, 3.63) is 27.2 Å². The molecule has 0 saturated heterocycles. The van der Waals surface area contributed by atoms with Crippen molar-refractivity contribution in [2.24, 2.45) is 10.2 Å². The number of aromatic nitrogens is 2. The summed E-state index contributed by atoms with van der Waals surface area (Å²) in [5, 5.41) is 13.3. The van der Waals surface area contributed by atoms with Gasteiger partial charge >= 0.3 is 6.18 Å². The molecule has 0 spiro atoms. The number of nitrogen functional groups attached to an aromatic ring is 2. The molecule has 2 aromatic rings. The quantitative estimate of drug-likeness (QED) is 0.668. The molecule has 0 unspecified atom stereocenters. The number of azo groups is 1. The van der Waals surface area contributed by atoms with E-state index in [4.69, 9.17) is 23.1 Å². The molecule has 0 bridgehead atoms. The minimum atomic E-state index is -4.51. The second kappa shape index (κ2) is 5.53. The van der Waals surface area contributed by atoms with E-state index < -0.39 is 11.7 Å².